The Kier molecular flexibility index (Phi) is 6.09. The van der Waals surface area contributed by atoms with Gasteiger partial charge in [-0.15, -0.1) is 0 Å². The van der Waals surface area contributed by atoms with Crippen molar-refractivity contribution >= 4 is 15.9 Å². The Morgan fingerprint density at radius 2 is 2.18 bits per heavy atom. The molecule has 1 aromatic rings. The summed E-state index contributed by atoms with van der Waals surface area (Å²) >= 11 is 3.19. The second kappa shape index (κ2) is 7.09. The van der Waals surface area contributed by atoms with Gasteiger partial charge in [0.1, 0.15) is 5.82 Å². The molecule has 0 aliphatic rings. The highest BCUT2D eigenvalue weighted by molar-refractivity contribution is 9.10. The smallest absolute Gasteiger partial charge is 0.137 e. The molecule has 0 aliphatic heterocycles. The summed E-state index contributed by atoms with van der Waals surface area (Å²) in [6, 6.07) is 5.54. The molecule has 1 aromatic carbocycles. The Balaban J connectivity index is 2.42. The molecule has 1 rings (SSSR count). The van der Waals surface area contributed by atoms with Crippen molar-refractivity contribution in [2.75, 3.05) is 20.1 Å². The van der Waals surface area contributed by atoms with Crippen LogP contribution in [0.4, 0.5) is 4.39 Å². The lowest BCUT2D eigenvalue weighted by Crippen LogP contribution is -2.36. The SMILES string of the molecule is CCN(C)CC(C)NCc1ccc(F)c(Br)c1. The van der Waals surface area contributed by atoms with Crippen molar-refractivity contribution in [1.29, 1.82) is 0 Å². The van der Waals surface area contributed by atoms with Crippen LogP contribution in [0, 0.1) is 5.82 Å². The van der Waals surface area contributed by atoms with E-state index in [-0.39, 0.29) is 5.82 Å². The highest BCUT2D eigenvalue weighted by Gasteiger charge is 2.05. The van der Waals surface area contributed by atoms with Gasteiger partial charge in [-0.1, -0.05) is 13.0 Å². The van der Waals surface area contributed by atoms with E-state index in [1.165, 1.54) is 6.07 Å². The quantitative estimate of drug-likeness (QED) is 0.869. The van der Waals surface area contributed by atoms with Crippen molar-refractivity contribution < 1.29 is 4.39 Å². The van der Waals surface area contributed by atoms with Crippen LogP contribution in [0.15, 0.2) is 22.7 Å². The molecule has 0 fully saturated rings. The lowest BCUT2D eigenvalue weighted by Gasteiger charge is -2.20. The monoisotopic (exact) mass is 302 g/mol. The average molecular weight is 303 g/mol. The van der Waals surface area contributed by atoms with Crippen LogP contribution in [0.5, 0.6) is 0 Å². The molecule has 1 atom stereocenters. The van der Waals surface area contributed by atoms with Gasteiger partial charge in [-0.25, -0.2) is 4.39 Å². The van der Waals surface area contributed by atoms with E-state index in [9.17, 15) is 4.39 Å². The summed E-state index contributed by atoms with van der Waals surface area (Å²) in [5.41, 5.74) is 1.09. The van der Waals surface area contributed by atoms with E-state index in [1.807, 2.05) is 12.1 Å². The van der Waals surface area contributed by atoms with Crippen molar-refractivity contribution in [3.8, 4) is 0 Å². The minimum Gasteiger partial charge on any atom is -0.309 e. The van der Waals surface area contributed by atoms with Gasteiger partial charge in [0.15, 0.2) is 0 Å². The number of hydrogen-bond acceptors (Lipinski definition) is 2. The van der Waals surface area contributed by atoms with E-state index in [0.29, 0.717) is 10.5 Å². The normalized spacial score (nSPS) is 13.1. The van der Waals surface area contributed by atoms with Crippen molar-refractivity contribution in [3.63, 3.8) is 0 Å². The van der Waals surface area contributed by atoms with Gasteiger partial charge in [-0.3, -0.25) is 0 Å². The maximum absolute atomic E-state index is 13.0. The van der Waals surface area contributed by atoms with Crippen LogP contribution in [0.1, 0.15) is 19.4 Å². The number of likely N-dealkylation sites (N-methyl/N-ethyl adjacent to an activating group) is 1. The Hall–Kier alpha value is -0.450. The second-order valence-corrected chi connectivity index (χ2v) is 5.24. The summed E-state index contributed by atoms with van der Waals surface area (Å²) in [5.74, 6) is -0.215. The summed E-state index contributed by atoms with van der Waals surface area (Å²) in [7, 11) is 2.10. The van der Waals surface area contributed by atoms with E-state index in [2.05, 4.69) is 47.0 Å². The van der Waals surface area contributed by atoms with Gasteiger partial charge in [0.2, 0.25) is 0 Å². The first-order valence-corrected chi connectivity index (χ1v) is 6.68. The van der Waals surface area contributed by atoms with Gasteiger partial charge >= 0.3 is 0 Å². The van der Waals surface area contributed by atoms with Crippen LogP contribution < -0.4 is 5.32 Å². The fourth-order valence-electron chi connectivity index (χ4n) is 1.60. The molecule has 0 aromatic heterocycles. The van der Waals surface area contributed by atoms with E-state index in [1.54, 1.807) is 0 Å². The molecule has 1 unspecified atom stereocenters. The lowest BCUT2D eigenvalue weighted by molar-refractivity contribution is 0.309. The molecule has 0 saturated carbocycles. The minimum atomic E-state index is -0.215. The van der Waals surface area contributed by atoms with Gasteiger partial charge in [0.05, 0.1) is 4.47 Å². The molecule has 0 saturated heterocycles. The summed E-state index contributed by atoms with van der Waals surface area (Å²) < 4.78 is 13.6. The predicted octanol–water partition coefficient (Wildman–Crippen LogP) is 3.02. The number of hydrogen-bond donors (Lipinski definition) is 1. The predicted molar refractivity (Wildman–Crippen MR) is 73.6 cm³/mol. The molecular formula is C13H20BrFN2. The molecule has 0 amide bonds. The fourth-order valence-corrected chi connectivity index (χ4v) is 2.03. The standard InChI is InChI=1S/C13H20BrFN2/c1-4-17(3)9-10(2)16-8-11-5-6-13(15)12(14)7-11/h5-7,10,16H,4,8-9H2,1-3H3. The maximum Gasteiger partial charge on any atom is 0.137 e. The van der Waals surface area contributed by atoms with Gasteiger partial charge in [0.25, 0.3) is 0 Å². The summed E-state index contributed by atoms with van der Waals surface area (Å²) in [4.78, 5) is 2.26. The Morgan fingerprint density at radius 1 is 1.47 bits per heavy atom. The number of nitrogens with one attached hydrogen (secondary N) is 1. The molecule has 2 nitrogen and oxygen atoms in total. The number of halogens is 2. The number of benzene rings is 1. The molecule has 96 valence electrons. The van der Waals surface area contributed by atoms with Crippen LogP contribution in [0.2, 0.25) is 0 Å². The van der Waals surface area contributed by atoms with Crippen LogP contribution in [-0.2, 0) is 6.54 Å². The van der Waals surface area contributed by atoms with Crippen LogP contribution >= 0.6 is 15.9 Å². The Morgan fingerprint density at radius 3 is 2.76 bits per heavy atom. The van der Waals surface area contributed by atoms with Crippen molar-refractivity contribution in [3.05, 3.63) is 34.1 Å². The molecule has 0 radical (unpaired) electrons. The van der Waals surface area contributed by atoms with Crippen molar-refractivity contribution in [2.24, 2.45) is 0 Å². The topological polar surface area (TPSA) is 15.3 Å². The molecular weight excluding hydrogens is 283 g/mol. The molecule has 4 heteroatoms. The Labute approximate surface area is 111 Å². The first kappa shape index (κ1) is 14.6. The van der Waals surface area contributed by atoms with Crippen molar-refractivity contribution in [2.45, 2.75) is 26.4 Å². The third-order valence-electron chi connectivity index (χ3n) is 2.76. The van der Waals surface area contributed by atoms with E-state index >= 15 is 0 Å². The molecule has 0 spiro atoms. The molecule has 1 N–H and O–H groups in total. The largest absolute Gasteiger partial charge is 0.309 e. The molecule has 17 heavy (non-hydrogen) atoms. The fraction of sp³-hybridized carbons (Fsp3) is 0.538. The third-order valence-corrected chi connectivity index (χ3v) is 3.37. The minimum absolute atomic E-state index is 0.215. The van der Waals surface area contributed by atoms with Crippen LogP contribution in [0.25, 0.3) is 0 Å². The van der Waals surface area contributed by atoms with Gasteiger partial charge in [-0.2, -0.15) is 0 Å². The first-order valence-electron chi connectivity index (χ1n) is 5.88. The summed E-state index contributed by atoms with van der Waals surface area (Å²) in [6.45, 7) is 7.12. The first-order chi connectivity index (χ1) is 8.02. The lowest BCUT2D eigenvalue weighted by atomic mass is 10.2. The summed E-state index contributed by atoms with van der Waals surface area (Å²) in [6.07, 6.45) is 0. The van der Waals surface area contributed by atoms with Gasteiger partial charge in [-0.05, 0) is 54.1 Å². The molecule has 0 bridgehead atoms. The van der Waals surface area contributed by atoms with Gasteiger partial charge in [0, 0.05) is 19.1 Å². The summed E-state index contributed by atoms with van der Waals surface area (Å²) in [5, 5.41) is 3.43. The third kappa shape index (κ3) is 5.15. The number of nitrogens with zero attached hydrogens (tertiary/aromatic N) is 1. The zero-order chi connectivity index (χ0) is 12.8. The zero-order valence-electron chi connectivity index (χ0n) is 10.6. The molecule has 0 heterocycles. The van der Waals surface area contributed by atoms with E-state index in [4.69, 9.17) is 0 Å². The van der Waals surface area contributed by atoms with Crippen LogP contribution in [-0.4, -0.2) is 31.1 Å². The highest BCUT2D eigenvalue weighted by atomic mass is 79.9. The van der Waals surface area contributed by atoms with Crippen LogP contribution in [0.3, 0.4) is 0 Å². The number of rotatable bonds is 6. The Bertz CT molecular complexity index is 357. The second-order valence-electron chi connectivity index (χ2n) is 4.39. The van der Waals surface area contributed by atoms with Crippen molar-refractivity contribution in [1.82, 2.24) is 10.2 Å². The van der Waals surface area contributed by atoms with Gasteiger partial charge < -0.3 is 10.2 Å². The maximum atomic E-state index is 13.0. The highest BCUT2D eigenvalue weighted by Crippen LogP contribution is 2.16. The zero-order valence-corrected chi connectivity index (χ0v) is 12.2. The average Bonchev–Trinajstić information content (AvgIpc) is 2.30. The molecule has 0 aliphatic carbocycles. The van der Waals surface area contributed by atoms with E-state index in [0.717, 1.165) is 25.2 Å². The van der Waals surface area contributed by atoms with E-state index < -0.39 is 0 Å².